The van der Waals surface area contributed by atoms with Crippen LogP contribution < -0.4 is 5.46 Å². The van der Waals surface area contributed by atoms with Gasteiger partial charge in [0.1, 0.15) is 0 Å². The van der Waals surface area contributed by atoms with Gasteiger partial charge in [-0.15, -0.1) is 0 Å². The van der Waals surface area contributed by atoms with Crippen LogP contribution in [0.25, 0.3) is 0 Å². The minimum Gasteiger partial charge on any atom is -0.423 e. The summed E-state index contributed by atoms with van der Waals surface area (Å²) in [6.45, 7) is 0. The summed E-state index contributed by atoms with van der Waals surface area (Å²) in [4.78, 5) is 9.69. The van der Waals surface area contributed by atoms with Crippen LogP contribution in [0.4, 0.5) is 5.69 Å². The summed E-state index contributed by atoms with van der Waals surface area (Å²) in [6.07, 6.45) is 0. The Kier molecular flexibility index (Phi) is 2.81. The highest BCUT2D eigenvalue weighted by Crippen LogP contribution is 2.09. The Hall–Kier alpha value is -1.91. The highest BCUT2D eigenvalue weighted by molar-refractivity contribution is 6.60. The second kappa shape index (κ2) is 3.87. The van der Waals surface area contributed by atoms with Gasteiger partial charge in [0.2, 0.25) is 0 Å². The zero-order valence-electron chi connectivity index (χ0n) is 6.91. The summed E-state index contributed by atoms with van der Waals surface area (Å²) in [5.74, 6) is 0. The van der Waals surface area contributed by atoms with Gasteiger partial charge in [-0.1, -0.05) is 0 Å². The molecule has 6 nitrogen and oxygen atoms in total. The van der Waals surface area contributed by atoms with E-state index in [0.717, 1.165) is 12.1 Å². The summed E-state index contributed by atoms with van der Waals surface area (Å²) in [7, 11) is -1.95. The first-order valence-electron chi connectivity index (χ1n) is 3.61. The second-order valence-corrected chi connectivity index (χ2v) is 2.52. The third kappa shape index (κ3) is 1.88. The van der Waals surface area contributed by atoms with Crippen LogP contribution in [0.15, 0.2) is 18.2 Å². The number of benzene rings is 1. The highest BCUT2D eigenvalue weighted by atomic mass is 16.6. The van der Waals surface area contributed by atoms with E-state index in [2.05, 4.69) is 0 Å². The van der Waals surface area contributed by atoms with Gasteiger partial charge in [-0.2, -0.15) is 5.26 Å². The van der Waals surface area contributed by atoms with Gasteiger partial charge in [0.05, 0.1) is 22.0 Å². The van der Waals surface area contributed by atoms with Crippen molar-refractivity contribution in [1.82, 2.24) is 0 Å². The lowest BCUT2D eigenvalue weighted by Gasteiger charge is -2.00. The minimum absolute atomic E-state index is 0.138. The van der Waals surface area contributed by atoms with Gasteiger partial charge in [-0.05, 0) is 12.1 Å². The number of nitriles is 1. The van der Waals surface area contributed by atoms with Gasteiger partial charge in [0.25, 0.3) is 5.69 Å². The Balaban J connectivity index is 3.33. The number of nitro benzene ring substituents is 1. The van der Waals surface area contributed by atoms with Crippen LogP contribution in [0.3, 0.4) is 0 Å². The summed E-state index contributed by atoms with van der Waals surface area (Å²) >= 11 is 0. The molecule has 2 N–H and O–H groups in total. The molecule has 0 unspecified atom stereocenters. The summed E-state index contributed by atoms with van der Waals surface area (Å²) in [5, 5.41) is 36.5. The van der Waals surface area contributed by atoms with E-state index in [1.807, 2.05) is 0 Å². The Bertz CT molecular complexity index is 413. The molecule has 1 aromatic carbocycles. The van der Waals surface area contributed by atoms with Crippen LogP contribution >= 0.6 is 0 Å². The third-order valence-corrected chi connectivity index (χ3v) is 1.63. The van der Waals surface area contributed by atoms with Gasteiger partial charge < -0.3 is 10.0 Å². The smallest absolute Gasteiger partial charge is 0.423 e. The summed E-state index contributed by atoms with van der Waals surface area (Å²) in [6, 6.07) is 5.12. The molecular weight excluding hydrogens is 187 g/mol. The molecule has 0 saturated carbocycles. The molecule has 0 amide bonds. The molecule has 0 saturated heterocycles. The largest absolute Gasteiger partial charge is 0.495 e. The second-order valence-electron chi connectivity index (χ2n) is 2.52. The molecule has 1 rings (SSSR count). The Morgan fingerprint density at radius 1 is 1.50 bits per heavy atom. The molecule has 0 aliphatic carbocycles. The number of hydrogen-bond donors (Lipinski definition) is 2. The van der Waals surface area contributed by atoms with E-state index in [4.69, 9.17) is 15.3 Å². The highest BCUT2D eigenvalue weighted by Gasteiger charge is 2.23. The van der Waals surface area contributed by atoms with Crippen LogP contribution in [0.1, 0.15) is 5.56 Å². The molecule has 70 valence electrons. The Labute approximate surface area is 79.3 Å². The van der Waals surface area contributed by atoms with Crippen molar-refractivity contribution >= 4 is 18.3 Å². The first-order chi connectivity index (χ1) is 6.56. The van der Waals surface area contributed by atoms with E-state index >= 15 is 0 Å². The summed E-state index contributed by atoms with van der Waals surface area (Å²) in [5.41, 5.74) is -0.563. The predicted octanol–water partition coefficient (Wildman–Crippen LogP) is -0.854. The van der Waals surface area contributed by atoms with Gasteiger partial charge in [0.15, 0.2) is 0 Å². The minimum atomic E-state index is -1.95. The lowest BCUT2D eigenvalue weighted by Crippen LogP contribution is -2.32. The fourth-order valence-electron chi connectivity index (χ4n) is 0.997. The van der Waals surface area contributed by atoms with Crippen LogP contribution in [0.2, 0.25) is 0 Å². The quantitative estimate of drug-likeness (QED) is 0.360. The molecule has 0 bridgehead atoms. The monoisotopic (exact) mass is 192 g/mol. The first kappa shape index (κ1) is 10.2. The zero-order valence-corrected chi connectivity index (χ0v) is 6.91. The van der Waals surface area contributed by atoms with Crippen molar-refractivity contribution in [2.45, 2.75) is 0 Å². The lowest BCUT2D eigenvalue weighted by molar-refractivity contribution is -0.383. The van der Waals surface area contributed by atoms with Gasteiger partial charge in [-0.25, -0.2) is 0 Å². The Morgan fingerprint density at radius 3 is 2.57 bits per heavy atom. The van der Waals surface area contributed by atoms with Crippen LogP contribution in [0.5, 0.6) is 0 Å². The number of rotatable bonds is 2. The summed E-state index contributed by atoms with van der Waals surface area (Å²) < 4.78 is 0. The number of nitro groups is 1. The number of hydrogen-bond acceptors (Lipinski definition) is 5. The molecule has 0 aromatic heterocycles. The van der Waals surface area contributed by atoms with E-state index in [0.29, 0.717) is 0 Å². The Morgan fingerprint density at radius 2 is 2.14 bits per heavy atom. The average molecular weight is 192 g/mol. The van der Waals surface area contributed by atoms with Crippen molar-refractivity contribution in [2.75, 3.05) is 0 Å². The maximum atomic E-state index is 10.4. The lowest BCUT2D eigenvalue weighted by atomic mass is 9.78. The van der Waals surface area contributed by atoms with Crippen molar-refractivity contribution in [3.05, 3.63) is 33.9 Å². The van der Waals surface area contributed by atoms with Crippen LogP contribution in [-0.4, -0.2) is 22.1 Å². The van der Waals surface area contributed by atoms with Gasteiger partial charge >= 0.3 is 7.12 Å². The molecule has 0 radical (unpaired) electrons. The molecule has 0 aliphatic heterocycles. The molecule has 7 heteroatoms. The standard InChI is InChI=1S/C7H5BN2O4/c9-4-5-1-2-7(10(13)14)6(3-5)8(11)12/h1-3,11-12H. The average Bonchev–Trinajstić information content (AvgIpc) is 2.16. The maximum Gasteiger partial charge on any atom is 0.495 e. The third-order valence-electron chi connectivity index (χ3n) is 1.63. The van der Waals surface area contributed by atoms with E-state index in [1.54, 1.807) is 6.07 Å². The normalized spacial score (nSPS) is 9.21. The van der Waals surface area contributed by atoms with E-state index in [1.165, 1.54) is 6.07 Å². The number of nitrogens with zero attached hydrogens (tertiary/aromatic N) is 2. The topological polar surface area (TPSA) is 107 Å². The molecule has 0 atom stereocenters. The van der Waals surface area contributed by atoms with Crippen molar-refractivity contribution in [1.29, 1.82) is 5.26 Å². The molecule has 0 heterocycles. The predicted molar refractivity (Wildman–Crippen MR) is 47.6 cm³/mol. The van der Waals surface area contributed by atoms with Gasteiger partial charge in [0, 0.05) is 6.07 Å². The van der Waals surface area contributed by atoms with Gasteiger partial charge in [-0.3, -0.25) is 10.1 Å². The van der Waals surface area contributed by atoms with E-state index in [9.17, 15) is 10.1 Å². The van der Waals surface area contributed by atoms with Crippen LogP contribution in [-0.2, 0) is 0 Å². The molecule has 0 aliphatic rings. The molecular formula is C7H5BN2O4. The fourth-order valence-corrected chi connectivity index (χ4v) is 0.997. The maximum absolute atomic E-state index is 10.4. The van der Waals surface area contributed by atoms with Crippen molar-refractivity contribution in [3.8, 4) is 6.07 Å². The van der Waals surface area contributed by atoms with E-state index < -0.39 is 17.7 Å². The fraction of sp³-hybridized carbons (Fsp3) is 0. The van der Waals surface area contributed by atoms with Crippen molar-refractivity contribution in [3.63, 3.8) is 0 Å². The SMILES string of the molecule is N#Cc1ccc([N+](=O)[O-])c(B(O)O)c1. The molecule has 0 fully saturated rings. The van der Waals surface area contributed by atoms with Crippen molar-refractivity contribution in [2.24, 2.45) is 0 Å². The van der Waals surface area contributed by atoms with E-state index in [-0.39, 0.29) is 11.0 Å². The first-order valence-corrected chi connectivity index (χ1v) is 3.61. The molecule has 1 aromatic rings. The molecule has 14 heavy (non-hydrogen) atoms. The van der Waals surface area contributed by atoms with Crippen molar-refractivity contribution < 1.29 is 15.0 Å². The zero-order chi connectivity index (χ0) is 10.7. The van der Waals surface area contributed by atoms with Crippen LogP contribution in [0, 0.1) is 21.4 Å². The molecule has 0 spiro atoms.